The highest BCUT2D eigenvalue weighted by Gasteiger charge is 2.11. The van der Waals surface area contributed by atoms with Gasteiger partial charge in [-0.05, 0) is 31.2 Å². The molecular formula is C19H18N4O2. The molecule has 0 bridgehead atoms. The number of hydrogen-bond donors (Lipinski definition) is 1. The zero-order chi connectivity index (χ0) is 17.6. The van der Waals surface area contributed by atoms with E-state index in [-0.39, 0.29) is 24.6 Å². The number of rotatable bonds is 5. The predicted molar refractivity (Wildman–Crippen MR) is 96.0 cm³/mol. The normalized spacial score (nSPS) is 11.1. The van der Waals surface area contributed by atoms with E-state index in [1.165, 1.54) is 10.8 Å². The molecule has 6 heteroatoms. The maximum Gasteiger partial charge on any atom is 0.275 e. The number of benzene rings is 1. The highest BCUT2D eigenvalue weighted by Crippen LogP contribution is 2.13. The summed E-state index contributed by atoms with van der Waals surface area (Å²) in [6.45, 7) is 2.30. The first-order chi connectivity index (χ1) is 12.2. The van der Waals surface area contributed by atoms with E-state index in [1.54, 1.807) is 25.3 Å². The summed E-state index contributed by atoms with van der Waals surface area (Å²) in [6.07, 6.45) is 4.80. The first-order valence-corrected chi connectivity index (χ1v) is 7.98. The van der Waals surface area contributed by atoms with Crippen LogP contribution in [0.25, 0.3) is 10.8 Å². The van der Waals surface area contributed by atoms with E-state index in [0.717, 1.165) is 11.1 Å². The topological polar surface area (TPSA) is 76.9 Å². The number of allylic oxidation sites excluding steroid dienone is 1. The highest BCUT2D eigenvalue weighted by atomic mass is 16.1. The molecule has 1 amide bonds. The summed E-state index contributed by atoms with van der Waals surface area (Å²) >= 11 is 0. The highest BCUT2D eigenvalue weighted by molar-refractivity contribution is 5.88. The molecule has 0 saturated carbocycles. The Labute approximate surface area is 144 Å². The smallest absolute Gasteiger partial charge is 0.275 e. The minimum absolute atomic E-state index is 0.176. The standard InChI is InChI=1S/C19H18N4O2/c1-2-7-18(24)21-12-17-15-9-3-4-10-16(15)19(25)23(22-17)13-14-8-5-6-11-20-14/h2-11H,12-13H2,1H3,(H,21,24)/b7-2+. The van der Waals surface area contributed by atoms with Gasteiger partial charge < -0.3 is 5.32 Å². The van der Waals surface area contributed by atoms with Crippen LogP contribution in [-0.2, 0) is 17.9 Å². The van der Waals surface area contributed by atoms with Crippen LogP contribution in [0.2, 0.25) is 0 Å². The number of pyridine rings is 1. The maximum absolute atomic E-state index is 12.7. The van der Waals surface area contributed by atoms with E-state index >= 15 is 0 Å². The maximum atomic E-state index is 12.7. The fraction of sp³-hybridized carbons (Fsp3) is 0.158. The second kappa shape index (κ2) is 7.53. The Kier molecular flexibility index (Phi) is 4.99. The van der Waals surface area contributed by atoms with Crippen molar-refractivity contribution in [2.24, 2.45) is 0 Å². The number of hydrogen-bond acceptors (Lipinski definition) is 4. The van der Waals surface area contributed by atoms with Gasteiger partial charge in [-0.3, -0.25) is 14.6 Å². The van der Waals surface area contributed by atoms with Crippen LogP contribution in [0.15, 0.2) is 65.6 Å². The molecule has 0 unspecified atom stereocenters. The number of aromatic nitrogens is 3. The lowest BCUT2D eigenvalue weighted by Gasteiger charge is -2.11. The van der Waals surface area contributed by atoms with E-state index in [1.807, 2.05) is 36.4 Å². The van der Waals surface area contributed by atoms with Gasteiger partial charge in [0.1, 0.15) is 0 Å². The summed E-state index contributed by atoms with van der Waals surface area (Å²) < 4.78 is 1.39. The molecule has 2 aromatic heterocycles. The van der Waals surface area contributed by atoms with Gasteiger partial charge in [0, 0.05) is 11.6 Å². The van der Waals surface area contributed by atoms with Gasteiger partial charge in [0.15, 0.2) is 0 Å². The van der Waals surface area contributed by atoms with Crippen LogP contribution in [0.3, 0.4) is 0 Å². The van der Waals surface area contributed by atoms with E-state index in [9.17, 15) is 9.59 Å². The molecule has 0 radical (unpaired) electrons. The SMILES string of the molecule is C/C=C/C(=O)NCc1nn(Cc2ccccn2)c(=O)c2ccccc12. The quantitative estimate of drug-likeness (QED) is 0.724. The number of fused-ring (bicyclic) bond motifs is 1. The van der Waals surface area contributed by atoms with Crippen LogP contribution in [0.1, 0.15) is 18.3 Å². The van der Waals surface area contributed by atoms with Crippen LogP contribution in [-0.4, -0.2) is 20.7 Å². The van der Waals surface area contributed by atoms with Gasteiger partial charge in [-0.1, -0.05) is 30.3 Å². The van der Waals surface area contributed by atoms with Crippen molar-refractivity contribution in [3.05, 3.63) is 82.6 Å². The molecule has 3 rings (SSSR count). The van der Waals surface area contributed by atoms with E-state index in [2.05, 4.69) is 15.4 Å². The fourth-order valence-electron chi connectivity index (χ4n) is 2.57. The summed E-state index contributed by atoms with van der Waals surface area (Å²) in [5.74, 6) is -0.198. The second-order valence-corrected chi connectivity index (χ2v) is 5.49. The summed E-state index contributed by atoms with van der Waals surface area (Å²) in [5, 5.41) is 8.55. The Hall–Kier alpha value is -3.28. The van der Waals surface area contributed by atoms with Gasteiger partial charge >= 0.3 is 0 Å². The number of nitrogens with one attached hydrogen (secondary N) is 1. The zero-order valence-electron chi connectivity index (χ0n) is 13.8. The summed E-state index contributed by atoms with van der Waals surface area (Å²) in [5.41, 5.74) is 1.21. The van der Waals surface area contributed by atoms with Gasteiger partial charge in [0.05, 0.1) is 29.9 Å². The third kappa shape index (κ3) is 3.80. The largest absolute Gasteiger partial charge is 0.347 e. The van der Waals surface area contributed by atoms with E-state index in [0.29, 0.717) is 11.1 Å². The van der Waals surface area contributed by atoms with Gasteiger partial charge in [-0.2, -0.15) is 5.10 Å². The lowest BCUT2D eigenvalue weighted by Crippen LogP contribution is -2.28. The average Bonchev–Trinajstić information content (AvgIpc) is 2.64. The predicted octanol–water partition coefficient (Wildman–Crippen LogP) is 2.03. The molecular weight excluding hydrogens is 316 g/mol. The third-order valence-corrected chi connectivity index (χ3v) is 3.73. The van der Waals surface area contributed by atoms with Crippen LogP contribution >= 0.6 is 0 Å². The first-order valence-electron chi connectivity index (χ1n) is 7.98. The molecule has 1 N–H and O–H groups in total. The molecule has 0 aliphatic heterocycles. The van der Waals surface area contributed by atoms with E-state index in [4.69, 9.17) is 0 Å². The third-order valence-electron chi connectivity index (χ3n) is 3.73. The summed E-state index contributed by atoms with van der Waals surface area (Å²) in [4.78, 5) is 28.6. The summed E-state index contributed by atoms with van der Waals surface area (Å²) in [6, 6.07) is 12.8. The van der Waals surface area contributed by atoms with Crippen molar-refractivity contribution >= 4 is 16.7 Å². The van der Waals surface area contributed by atoms with Crippen LogP contribution in [0, 0.1) is 0 Å². The molecule has 3 aromatic rings. The Balaban J connectivity index is 2.01. The van der Waals surface area contributed by atoms with Crippen molar-refractivity contribution in [3.63, 3.8) is 0 Å². The molecule has 0 spiro atoms. The molecule has 0 fully saturated rings. The minimum atomic E-state index is -0.198. The lowest BCUT2D eigenvalue weighted by molar-refractivity contribution is -0.116. The Morgan fingerprint density at radius 3 is 2.64 bits per heavy atom. The van der Waals surface area contributed by atoms with Crippen molar-refractivity contribution in [1.82, 2.24) is 20.1 Å². The number of nitrogens with zero attached hydrogens (tertiary/aromatic N) is 3. The minimum Gasteiger partial charge on any atom is -0.347 e. The molecule has 0 saturated heterocycles. The van der Waals surface area contributed by atoms with Gasteiger partial charge in [-0.25, -0.2) is 4.68 Å². The molecule has 2 heterocycles. The monoisotopic (exact) mass is 334 g/mol. The Bertz CT molecular complexity index is 978. The summed E-state index contributed by atoms with van der Waals surface area (Å²) in [7, 11) is 0. The van der Waals surface area contributed by atoms with E-state index < -0.39 is 0 Å². The molecule has 0 aliphatic carbocycles. The zero-order valence-corrected chi connectivity index (χ0v) is 13.8. The number of carbonyl (C=O) groups excluding carboxylic acids is 1. The molecule has 6 nitrogen and oxygen atoms in total. The van der Waals surface area contributed by atoms with Crippen molar-refractivity contribution in [2.45, 2.75) is 20.0 Å². The van der Waals surface area contributed by atoms with Crippen molar-refractivity contribution in [3.8, 4) is 0 Å². The van der Waals surface area contributed by atoms with Crippen molar-refractivity contribution < 1.29 is 4.79 Å². The van der Waals surface area contributed by atoms with Gasteiger partial charge in [0.25, 0.3) is 5.56 Å². The molecule has 1 aromatic carbocycles. The number of amides is 1. The lowest BCUT2D eigenvalue weighted by atomic mass is 10.1. The molecule has 0 atom stereocenters. The Morgan fingerprint density at radius 1 is 1.16 bits per heavy atom. The number of carbonyl (C=O) groups is 1. The van der Waals surface area contributed by atoms with Crippen LogP contribution in [0.5, 0.6) is 0 Å². The second-order valence-electron chi connectivity index (χ2n) is 5.49. The van der Waals surface area contributed by atoms with Crippen LogP contribution in [0.4, 0.5) is 0 Å². The molecule has 0 aliphatic rings. The molecule has 126 valence electrons. The Morgan fingerprint density at radius 2 is 1.92 bits per heavy atom. The fourth-order valence-corrected chi connectivity index (χ4v) is 2.57. The van der Waals surface area contributed by atoms with Crippen molar-refractivity contribution in [1.29, 1.82) is 0 Å². The average molecular weight is 334 g/mol. The van der Waals surface area contributed by atoms with Crippen molar-refractivity contribution in [2.75, 3.05) is 0 Å². The first kappa shape index (κ1) is 16.6. The van der Waals surface area contributed by atoms with Gasteiger partial charge in [0.2, 0.25) is 5.91 Å². The molecule has 25 heavy (non-hydrogen) atoms. The van der Waals surface area contributed by atoms with Crippen LogP contribution < -0.4 is 10.9 Å². The van der Waals surface area contributed by atoms with Gasteiger partial charge in [-0.15, -0.1) is 0 Å².